The summed E-state index contributed by atoms with van der Waals surface area (Å²) in [5, 5.41) is 3.23. The molecule has 2 rings (SSSR count). The predicted octanol–water partition coefficient (Wildman–Crippen LogP) is 2.75. The first-order chi connectivity index (χ1) is 9.24. The zero-order chi connectivity index (χ0) is 13.7. The first kappa shape index (κ1) is 13.5. The molecule has 5 heteroatoms. The summed E-state index contributed by atoms with van der Waals surface area (Å²) in [5.41, 5.74) is 0.958. The summed E-state index contributed by atoms with van der Waals surface area (Å²) < 4.78 is 2.04. The van der Waals surface area contributed by atoms with Gasteiger partial charge in [0.15, 0.2) is 0 Å². The summed E-state index contributed by atoms with van der Waals surface area (Å²) in [6.07, 6.45) is 6.85. The van der Waals surface area contributed by atoms with Crippen molar-refractivity contribution in [2.75, 3.05) is 11.9 Å². The maximum Gasteiger partial charge on any atom is 0.224 e. The number of hydrogen-bond donors (Lipinski definition) is 1. The molecule has 5 nitrogen and oxygen atoms in total. The van der Waals surface area contributed by atoms with Crippen molar-refractivity contribution in [1.29, 1.82) is 0 Å². The molecule has 0 spiro atoms. The number of imidazole rings is 1. The van der Waals surface area contributed by atoms with E-state index in [0.29, 0.717) is 5.95 Å². The third kappa shape index (κ3) is 3.30. The van der Waals surface area contributed by atoms with Crippen molar-refractivity contribution in [1.82, 2.24) is 19.5 Å². The molecular formula is C14H21N5. The Labute approximate surface area is 114 Å². The van der Waals surface area contributed by atoms with Gasteiger partial charge in [-0.25, -0.2) is 9.97 Å². The third-order valence-corrected chi connectivity index (χ3v) is 2.81. The fourth-order valence-electron chi connectivity index (χ4n) is 1.94. The molecule has 0 bridgehead atoms. The number of nitrogens with zero attached hydrogens (tertiary/aromatic N) is 4. The van der Waals surface area contributed by atoms with Gasteiger partial charge >= 0.3 is 0 Å². The maximum absolute atomic E-state index is 4.56. The molecule has 0 atom stereocenters. The summed E-state index contributed by atoms with van der Waals surface area (Å²) in [5.74, 6) is 2.61. The lowest BCUT2D eigenvalue weighted by Crippen LogP contribution is -2.09. The summed E-state index contributed by atoms with van der Waals surface area (Å²) in [6, 6.07) is 1.98. The molecule has 1 N–H and O–H groups in total. The molecular weight excluding hydrogens is 238 g/mol. The second kappa shape index (κ2) is 6.31. The lowest BCUT2D eigenvalue weighted by Gasteiger charge is -2.10. The number of aryl methyl sites for hydroxylation is 2. The summed E-state index contributed by atoms with van der Waals surface area (Å²) in [4.78, 5) is 13.3. The van der Waals surface area contributed by atoms with E-state index in [-0.39, 0.29) is 0 Å². The van der Waals surface area contributed by atoms with Crippen molar-refractivity contribution in [3.05, 3.63) is 30.0 Å². The molecule has 0 aromatic carbocycles. The van der Waals surface area contributed by atoms with Crippen molar-refractivity contribution in [3.63, 3.8) is 0 Å². The van der Waals surface area contributed by atoms with Crippen LogP contribution in [0.1, 0.15) is 38.2 Å². The largest absolute Gasteiger partial charge is 0.354 e. The van der Waals surface area contributed by atoms with Gasteiger partial charge in [-0.3, -0.25) is 4.57 Å². The molecule has 0 saturated carbocycles. The maximum atomic E-state index is 4.56. The molecule has 0 fully saturated rings. The molecule has 0 amide bonds. The van der Waals surface area contributed by atoms with Crippen molar-refractivity contribution in [2.24, 2.45) is 0 Å². The van der Waals surface area contributed by atoms with Crippen LogP contribution < -0.4 is 5.32 Å². The second-order valence-corrected chi connectivity index (χ2v) is 4.58. The number of nitrogens with one attached hydrogen (secondary N) is 1. The quantitative estimate of drug-likeness (QED) is 0.866. The first-order valence-corrected chi connectivity index (χ1v) is 6.86. The van der Waals surface area contributed by atoms with Gasteiger partial charge in [0, 0.05) is 37.1 Å². The van der Waals surface area contributed by atoms with Gasteiger partial charge in [-0.05, 0) is 19.8 Å². The highest BCUT2D eigenvalue weighted by atomic mass is 15.2. The van der Waals surface area contributed by atoms with E-state index in [4.69, 9.17) is 0 Å². The van der Waals surface area contributed by atoms with Gasteiger partial charge in [0.2, 0.25) is 5.95 Å². The SMILES string of the molecule is CCCNc1nc(C)cc(-n2ccnc2CCC)n1. The van der Waals surface area contributed by atoms with E-state index < -0.39 is 0 Å². The van der Waals surface area contributed by atoms with E-state index in [1.807, 2.05) is 30.0 Å². The lowest BCUT2D eigenvalue weighted by molar-refractivity contribution is 0.794. The van der Waals surface area contributed by atoms with Crippen LogP contribution in [0, 0.1) is 6.92 Å². The monoisotopic (exact) mass is 259 g/mol. The van der Waals surface area contributed by atoms with Crippen LogP contribution in [0.4, 0.5) is 5.95 Å². The fourth-order valence-corrected chi connectivity index (χ4v) is 1.94. The van der Waals surface area contributed by atoms with E-state index >= 15 is 0 Å². The molecule has 0 aliphatic carbocycles. The van der Waals surface area contributed by atoms with Crippen molar-refractivity contribution < 1.29 is 0 Å². The van der Waals surface area contributed by atoms with E-state index in [2.05, 4.69) is 34.1 Å². The van der Waals surface area contributed by atoms with Crippen LogP contribution in [0.5, 0.6) is 0 Å². The van der Waals surface area contributed by atoms with E-state index in [1.54, 1.807) is 0 Å². The molecule has 0 radical (unpaired) electrons. The molecule has 102 valence electrons. The number of rotatable bonds is 6. The van der Waals surface area contributed by atoms with Crippen LogP contribution >= 0.6 is 0 Å². The smallest absolute Gasteiger partial charge is 0.224 e. The molecule has 2 aromatic heterocycles. The Morgan fingerprint density at radius 1 is 1.21 bits per heavy atom. The summed E-state index contributed by atoms with van der Waals surface area (Å²) in [7, 11) is 0. The second-order valence-electron chi connectivity index (χ2n) is 4.58. The number of aromatic nitrogens is 4. The molecule has 0 aliphatic rings. The van der Waals surface area contributed by atoms with Crippen molar-refractivity contribution in [2.45, 2.75) is 40.0 Å². The highest BCUT2D eigenvalue weighted by molar-refractivity contribution is 5.35. The van der Waals surface area contributed by atoms with Gasteiger partial charge in [-0.1, -0.05) is 13.8 Å². The summed E-state index contributed by atoms with van der Waals surface area (Å²) >= 11 is 0. The average Bonchev–Trinajstić information content (AvgIpc) is 2.84. The summed E-state index contributed by atoms with van der Waals surface area (Å²) in [6.45, 7) is 7.14. The highest BCUT2D eigenvalue weighted by Gasteiger charge is 2.08. The lowest BCUT2D eigenvalue weighted by atomic mass is 10.3. The minimum absolute atomic E-state index is 0.688. The Kier molecular flexibility index (Phi) is 4.49. The Bertz CT molecular complexity index is 532. The normalized spacial score (nSPS) is 10.7. The van der Waals surface area contributed by atoms with Crippen LogP contribution in [-0.2, 0) is 6.42 Å². The zero-order valence-corrected chi connectivity index (χ0v) is 11.8. The van der Waals surface area contributed by atoms with Crippen LogP contribution in [-0.4, -0.2) is 26.1 Å². The van der Waals surface area contributed by atoms with Crippen LogP contribution in [0.2, 0.25) is 0 Å². The van der Waals surface area contributed by atoms with E-state index in [1.165, 1.54) is 0 Å². The van der Waals surface area contributed by atoms with Crippen molar-refractivity contribution in [3.8, 4) is 5.82 Å². The minimum atomic E-state index is 0.688. The predicted molar refractivity (Wildman–Crippen MR) is 76.7 cm³/mol. The van der Waals surface area contributed by atoms with Gasteiger partial charge in [-0.2, -0.15) is 4.98 Å². The molecule has 19 heavy (non-hydrogen) atoms. The topological polar surface area (TPSA) is 55.6 Å². The molecule has 0 saturated heterocycles. The Morgan fingerprint density at radius 2 is 2.05 bits per heavy atom. The van der Waals surface area contributed by atoms with Gasteiger partial charge in [0.05, 0.1) is 0 Å². The van der Waals surface area contributed by atoms with Crippen molar-refractivity contribution >= 4 is 5.95 Å². The van der Waals surface area contributed by atoms with Crippen LogP contribution in [0.25, 0.3) is 5.82 Å². The highest BCUT2D eigenvalue weighted by Crippen LogP contribution is 2.13. The number of anilines is 1. The van der Waals surface area contributed by atoms with Gasteiger partial charge in [-0.15, -0.1) is 0 Å². The van der Waals surface area contributed by atoms with Gasteiger partial charge < -0.3 is 5.32 Å². The molecule has 0 unspecified atom stereocenters. The molecule has 2 aromatic rings. The number of hydrogen-bond acceptors (Lipinski definition) is 4. The Hall–Kier alpha value is -1.91. The Balaban J connectivity index is 2.32. The molecule has 0 aliphatic heterocycles. The Morgan fingerprint density at radius 3 is 2.79 bits per heavy atom. The zero-order valence-electron chi connectivity index (χ0n) is 11.8. The fraction of sp³-hybridized carbons (Fsp3) is 0.500. The van der Waals surface area contributed by atoms with Crippen LogP contribution in [0.3, 0.4) is 0 Å². The van der Waals surface area contributed by atoms with Crippen LogP contribution in [0.15, 0.2) is 18.5 Å². The minimum Gasteiger partial charge on any atom is -0.354 e. The van der Waals surface area contributed by atoms with Gasteiger partial charge in [0.1, 0.15) is 11.6 Å². The third-order valence-electron chi connectivity index (χ3n) is 2.81. The van der Waals surface area contributed by atoms with E-state index in [0.717, 1.165) is 43.1 Å². The standard InChI is InChI=1S/C14H21N5/c1-4-6-12-15-8-9-19(12)13-10-11(3)17-14(18-13)16-7-5-2/h8-10H,4-7H2,1-3H3,(H,16,17,18). The average molecular weight is 259 g/mol. The first-order valence-electron chi connectivity index (χ1n) is 6.86. The van der Waals surface area contributed by atoms with E-state index in [9.17, 15) is 0 Å². The van der Waals surface area contributed by atoms with Gasteiger partial charge in [0.25, 0.3) is 0 Å². The molecule has 2 heterocycles.